The van der Waals surface area contributed by atoms with E-state index in [1.165, 1.54) is 6.07 Å². The van der Waals surface area contributed by atoms with Gasteiger partial charge in [-0.3, -0.25) is 0 Å². The highest BCUT2D eigenvalue weighted by Crippen LogP contribution is 2.45. The van der Waals surface area contributed by atoms with Crippen LogP contribution in [0.3, 0.4) is 0 Å². The Hall–Kier alpha value is -8.87. The molecule has 2 heterocycles. The molecule has 322 valence electrons. The summed E-state index contributed by atoms with van der Waals surface area (Å²) in [6, 6.07) is 54.9. The Morgan fingerprint density at radius 2 is 0.866 bits per heavy atom. The molecule has 0 aliphatic carbocycles. The Morgan fingerprint density at radius 1 is 0.388 bits per heavy atom. The lowest BCUT2D eigenvalue weighted by atomic mass is 9.92. The Morgan fingerprint density at radius 3 is 1.36 bits per heavy atom. The number of nitriles is 2. The van der Waals surface area contributed by atoms with Crippen LogP contribution in [0.1, 0.15) is 22.3 Å². The summed E-state index contributed by atoms with van der Waals surface area (Å²) in [4.78, 5) is 14.5. The number of hydrogen-bond donors (Lipinski definition) is 0. The third kappa shape index (κ3) is 8.02. The minimum Gasteiger partial charge on any atom is -0.309 e. The number of alkyl halides is 6. The monoisotopic (exact) mass is 888 g/mol. The van der Waals surface area contributed by atoms with E-state index in [1.54, 1.807) is 97.1 Å². The molecule has 10 aromatic rings. The fraction of sp³-hybridized carbons (Fsp3) is 0.0364. The molecule has 0 aliphatic heterocycles. The molecule has 0 atom stereocenters. The minimum atomic E-state index is -5.18. The van der Waals surface area contributed by atoms with Gasteiger partial charge in [-0.05, 0) is 106 Å². The van der Waals surface area contributed by atoms with Gasteiger partial charge in [0.15, 0.2) is 17.5 Å². The quantitative estimate of drug-likeness (QED) is 0.149. The fourth-order valence-corrected chi connectivity index (χ4v) is 8.41. The Balaban J connectivity index is 1.27. The van der Waals surface area contributed by atoms with Crippen LogP contribution < -0.4 is 0 Å². The maximum absolute atomic E-state index is 15.0. The maximum Gasteiger partial charge on any atom is 0.417 e. The van der Waals surface area contributed by atoms with Gasteiger partial charge < -0.3 is 4.57 Å². The van der Waals surface area contributed by atoms with E-state index in [9.17, 15) is 23.7 Å². The predicted molar refractivity (Wildman–Crippen MR) is 246 cm³/mol. The molecule has 6 nitrogen and oxygen atoms in total. The lowest BCUT2D eigenvalue weighted by Crippen LogP contribution is -2.12. The normalized spacial score (nSPS) is 11.7. The van der Waals surface area contributed by atoms with Crippen molar-refractivity contribution in [1.82, 2.24) is 19.5 Å². The number of halogens is 6. The van der Waals surface area contributed by atoms with E-state index >= 15 is 13.2 Å². The van der Waals surface area contributed by atoms with Gasteiger partial charge in [-0.15, -0.1) is 0 Å². The van der Waals surface area contributed by atoms with E-state index in [2.05, 4.69) is 12.1 Å². The van der Waals surface area contributed by atoms with Crippen LogP contribution in [0.25, 0.3) is 95.0 Å². The van der Waals surface area contributed by atoms with Gasteiger partial charge in [0.2, 0.25) is 0 Å². The van der Waals surface area contributed by atoms with Gasteiger partial charge in [0, 0.05) is 33.2 Å². The Kier molecular flexibility index (Phi) is 10.4. The second-order valence-electron chi connectivity index (χ2n) is 15.7. The van der Waals surface area contributed by atoms with Crippen molar-refractivity contribution in [3.63, 3.8) is 0 Å². The van der Waals surface area contributed by atoms with Crippen molar-refractivity contribution in [2.75, 3.05) is 0 Å². The number of fused-ring (bicyclic) bond motifs is 3. The number of aromatic nitrogens is 4. The second-order valence-corrected chi connectivity index (χ2v) is 15.7. The highest BCUT2D eigenvalue weighted by Gasteiger charge is 2.39. The second kappa shape index (κ2) is 16.6. The molecule has 8 aromatic carbocycles. The standard InChI is InChI=1S/C55H30F6N6/c56-54(57,58)41-19-21-44(48(29-41)55(59,60)61)43-22-20-42(30-47(43)53-65-51(35-11-3-1-4-12-35)64-52(66-53)36-13-5-2-6-14-36)67-49-23-17-39(37-15-7-9-33(25-37)31-62)27-45(49)46-28-40(18-24-50(46)67)38-16-8-10-34(26-38)32-63/h1-30H. The molecule has 0 N–H and O–H groups in total. The molecule has 12 heteroatoms. The molecule has 0 fully saturated rings. The lowest BCUT2D eigenvalue weighted by molar-refractivity contribution is -0.142. The molecule has 0 aliphatic rings. The van der Waals surface area contributed by atoms with E-state index < -0.39 is 29.0 Å². The van der Waals surface area contributed by atoms with E-state index in [0.29, 0.717) is 45.0 Å². The molecular formula is C55H30F6N6. The largest absolute Gasteiger partial charge is 0.417 e. The van der Waals surface area contributed by atoms with Crippen molar-refractivity contribution < 1.29 is 26.3 Å². The number of rotatable bonds is 7. The smallest absolute Gasteiger partial charge is 0.309 e. The molecular weight excluding hydrogens is 859 g/mol. The molecule has 67 heavy (non-hydrogen) atoms. The minimum absolute atomic E-state index is 0.0160. The van der Waals surface area contributed by atoms with Crippen molar-refractivity contribution in [3.8, 4) is 85.4 Å². The fourth-order valence-electron chi connectivity index (χ4n) is 8.41. The van der Waals surface area contributed by atoms with Crippen molar-refractivity contribution in [2.24, 2.45) is 0 Å². The first-order chi connectivity index (χ1) is 32.4. The first-order valence-corrected chi connectivity index (χ1v) is 20.8. The van der Waals surface area contributed by atoms with Crippen LogP contribution >= 0.6 is 0 Å². The summed E-state index contributed by atoms with van der Waals surface area (Å²) in [5.74, 6) is 0.432. The van der Waals surface area contributed by atoms with Crippen LogP contribution in [-0.2, 0) is 12.4 Å². The van der Waals surface area contributed by atoms with Gasteiger partial charge in [0.25, 0.3) is 0 Å². The average Bonchev–Trinajstić information content (AvgIpc) is 3.69. The maximum atomic E-state index is 15.0. The number of hydrogen-bond acceptors (Lipinski definition) is 5. The first-order valence-electron chi connectivity index (χ1n) is 20.8. The van der Waals surface area contributed by atoms with Crippen LogP contribution in [0.2, 0.25) is 0 Å². The lowest BCUT2D eigenvalue weighted by Gasteiger charge is -2.19. The van der Waals surface area contributed by atoms with Gasteiger partial charge in [-0.1, -0.05) is 109 Å². The molecule has 0 unspecified atom stereocenters. The molecule has 0 spiro atoms. The van der Waals surface area contributed by atoms with Gasteiger partial charge in [-0.2, -0.15) is 36.9 Å². The van der Waals surface area contributed by atoms with Crippen LogP contribution in [0.4, 0.5) is 26.3 Å². The van der Waals surface area contributed by atoms with E-state index in [0.717, 1.165) is 39.1 Å². The first kappa shape index (κ1) is 42.1. The van der Waals surface area contributed by atoms with E-state index in [1.807, 2.05) is 65.2 Å². The number of benzene rings is 8. The Labute approximate surface area is 379 Å². The van der Waals surface area contributed by atoms with Crippen LogP contribution in [0.15, 0.2) is 182 Å². The summed E-state index contributed by atoms with van der Waals surface area (Å²) in [5, 5.41) is 21.0. The van der Waals surface area contributed by atoms with E-state index in [-0.39, 0.29) is 34.7 Å². The summed E-state index contributed by atoms with van der Waals surface area (Å²) in [6.07, 6.45) is -10.2. The molecule has 10 rings (SSSR count). The topological polar surface area (TPSA) is 91.2 Å². The third-order valence-corrected chi connectivity index (χ3v) is 11.6. The van der Waals surface area contributed by atoms with Gasteiger partial charge in [0.1, 0.15) is 0 Å². The molecule has 2 aromatic heterocycles. The number of nitrogens with zero attached hydrogens (tertiary/aromatic N) is 6. The molecule has 0 amide bonds. The zero-order valence-corrected chi connectivity index (χ0v) is 34.8. The zero-order valence-electron chi connectivity index (χ0n) is 34.8. The summed E-state index contributed by atoms with van der Waals surface area (Å²) in [5.41, 5.74) is 3.97. The van der Waals surface area contributed by atoms with Gasteiger partial charge in [0.05, 0.1) is 45.4 Å². The predicted octanol–water partition coefficient (Wildman–Crippen LogP) is 14.8. The van der Waals surface area contributed by atoms with Crippen molar-refractivity contribution in [3.05, 3.63) is 204 Å². The van der Waals surface area contributed by atoms with Gasteiger partial charge in [-0.25, -0.2) is 15.0 Å². The zero-order chi connectivity index (χ0) is 46.5. The van der Waals surface area contributed by atoms with Crippen molar-refractivity contribution in [1.29, 1.82) is 10.5 Å². The summed E-state index contributed by atoms with van der Waals surface area (Å²) >= 11 is 0. The summed E-state index contributed by atoms with van der Waals surface area (Å²) < 4.78 is 89.0. The van der Waals surface area contributed by atoms with Crippen molar-refractivity contribution in [2.45, 2.75) is 12.4 Å². The summed E-state index contributed by atoms with van der Waals surface area (Å²) in [6.45, 7) is 0. The van der Waals surface area contributed by atoms with Crippen LogP contribution in [0, 0.1) is 22.7 Å². The highest BCUT2D eigenvalue weighted by molar-refractivity contribution is 6.12. The SMILES string of the molecule is N#Cc1cccc(-c2ccc3c(c2)c2cc(-c4cccc(C#N)c4)ccc2n3-c2ccc(-c3ccc(C(F)(F)F)cc3C(F)(F)F)c(-c3nc(-c4ccccc4)nc(-c4ccccc4)n3)c2)c1. The molecule has 0 radical (unpaired) electrons. The third-order valence-electron chi connectivity index (χ3n) is 11.6. The van der Waals surface area contributed by atoms with Crippen molar-refractivity contribution >= 4 is 21.8 Å². The van der Waals surface area contributed by atoms with Gasteiger partial charge >= 0.3 is 12.4 Å². The molecule has 0 bridgehead atoms. The van der Waals surface area contributed by atoms with Crippen LogP contribution in [0.5, 0.6) is 0 Å². The summed E-state index contributed by atoms with van der Waals surface area (Å²) in [7, 11) is 0. The molecule has 0 saturated carbocycles. The highest BCUT2D eigenvalue weighted by atomic mass is 19.4. The molecule has 0 saturated heterocycles. The Bertz CT molecular complexity index is 3470. The average molecular weight is 889 g/mol. The van der Waals surface area contributed by atoms with E-state index in [4.69, 9.17) is 15.0 Å². The van der Waals surface area contributed by atoms with Crippen LogP contribution in [-0.4, -0.2) is 19.5 Å².